The van der Waals surface area contributed by atoms with E-state index >= 15 is 0 Å². The highest BCUT2D eigenvalue weighted by molar-refractivity contribution is 5.27. The Labute approximate surface area is 159 Å². The van der Waals surface area contributed by atoms with Crippen LogP contribution in [0.2, 0.25) is 0 Å². The van der Waals surface area contributed by atoms with Crippen LogP contribution in [0.25, 0.3) is 0 Å². The summed E-state index contributed by atoms with van der Waals surface area (Å²) < 4.78 is 4.29. The molecule has 0 atom stereocenters. The molecular formula is C20H26N6O. The number of hydrogen-bond acceptors (Lipinski definition) is 5. The molecule has 4 rings (SSSR count). The van der Waals surface area contributed by atoms with Crippen LogP contribution in [0, 0.1) is 0 Å². The Morgan fingerprint density at radius 1 is 1.15 bits per heavy atom. The molecule has 0 unspecified atom stereocenters. The van der Waals surface area contributed by atoms with Crippen molar-refractivity contribution in [1.82, 2.24) is 29.2 Å². The number of piperidine rings is 1. The first kappa shape index (κ1) is 17.7. The second-order valence-electron chi connectivity index (χ2n) is 7.17. The SMILES string of the molecule is CCn1c(Cn2ccnc2)nnc1C1CCN(Cc2cccc(O)c2)CC1. The van der Waals surface area contributed by atoms with Gasteiger partial charge in [0.2, 0.25) is 0 Å². The predicted molar refractivity (Wildman–Crippen MR) is 102 cm³/mol. The maximum atomic E-state index is 9.64. The number of likely N-dealkylation sites (tertiary alicyclic amines) is 1. The van der Waals surface area contributed by atoms with E-state index < -0.39 is 0 Å². The van der Waals surface area contributed by atoms with Crippen LogP contribution in [-0.2, 0) is 19.6 Å². The molecule has 0 bridgehead atoms. The first-order chi connectivity index (χ1) is 13.2. The van der Waals surface area contributed by atoms with E-state index in [1.54, 1.807) is 12.3 Å². The number of imidazole rings is 1. The van der Waals surface area contributed by atoms with E-state index in [4.69, 9.17) is 0 Å². The smallest absolute Gasteiger partial charge is 0.153 e. The molecule has 1 fully saturated rings. The van der Waals surface area contributed by atoms with Gasteiger partial charge in [-0.15, -0.1) is 10.2 Å². The summed E-state index contributed by atoms with van der Waals surface area (Å²) in [6, 6.07) is 7.54. The molecule has 7 heteroatoms. The molecule has 27 heavy (non-hydrogen) atoms. The molecule has 0 amide bonds. The van der Waals surface area contributed by atoms with E-state index in [1.165, 1.54) is 0 Å². The van der Waals surface area contributed by atoms with Crippen molar-refractivity contribution < 1.29 is 5.11 Å². The third-order valence-electron chi connectivity index (χ3n) is 5.32. The molecule has 1 aliphatic heterocycles. The number of phenolic OH excluding ortho intramolecular Hbond substituents is 1. The van der Waals surface area contributed by atoms with Crippen molar-refractivity contribution in [2.75, 3.05) is 13.1 Å². The summed E-state index contributed by atoms with van der Waals surface area (Å²) in [5, 5.41) is 18.6. The summed E-state index contributed by atoms with van der Waals surface area (Å²) in [6.07, 6.45) is 7.72. The Hall–Kier alpha value is -2.67. The largest absolute Gasteiger partial charge is 0.508 e. The minimum atomic E-state index is 0.337. The lowest BCUT2D eigenvalue weighted by Gasteiger charge is -2.31. The van der Waals surface area contributed by atoms with Crippen molar-refractivity contribution in [3.8, 4) is 5.75 Å². The molecule has 0 aliphatic carbocycles. The van der Waals surface area contributed by atoms with Crippen LogP contribution in [-0.4, -0.2) is 47.4 Å². The summed E-state index contributed by atoms with van der Waals surface area (Å²) in [5.41, 5.74) is 1.16. The fraction of sp³-hybridized carbons (Fsp3) is 0.450. The first-order valence-electron chi connectivity index (χ1n) is 9.61. The number of phenols is 1. The molecular weight excluding hydrogens is 340 g/mol. The highest BCUT2D eigenvalue weighted by Crippen LogP contribution is 2.28. The average Bonchev–Trinajstić information content (AvgIpc) is 3.32. The van der Waals surface area contributed by atoms with Gasteiger partial charge < -0.3 is 14.2 Å². The van der Waals surface area contributed by atoms with Crippen LogP contribution in [0.3, 0.4) is 0 Å². The zero-order chi connectivity index (χ0) is 18.6. The lowest BCUT2D eigenvalue weighted by molar-refractivity contribution is 0.200. The van der Waals surface area contributed by atoms with Gasteiger partial charge in [-0.05, 0) is 50.6 Å². The zero-order valence-corrected chi connectivity index (χ0v) is 15.7. The molecule has 1 aromatic carbocycles. The molecule has 1 N–H and O–H groups in total. The molecule has 0 radical (unpaired) electrons. The van der Waals surface area contributed by atoms with Gasteiger partial charge in [0.1, 0.15) is 11.6 Å². The van der Waals surface area contributed by atoms with E-state index in [0.717, 1.165) is 56.2 Å². The highest BCUT2D eigenvalue weighted by atomic mass is 16.3. The second-order valence-corrected chi connectivity index (χ2v) is 7.17. The fourth-order valence-electron chi connectivity index (χ4n) is 3.92. The Balaban J connectivity index is 1.40. The van der Waals surface area contributed by atoms with Gasteiger partial charge in [-0.1, -0.05) is 12.1 Å². The number of benzene rings is 1. The van der Waals surface area contributed by atoms with Gasteiger partial charge in [0.05, 0.1) is 12.9 Å². The lowest BCUT2D eigenvalue weighted by Crippen LogP contribution is -2.33. The Kier molecular flexibility index (Phi) is 5.20. The van der Waals surface area contributed by atoms with Crippen LogP contribution in [0.1, 0.15) is 42.9 Å². The minimum Gasteiger partial charge on any atom is -0.508 e. The molecule has 1 aliphatic rings. The number of hydrogen-bond donors (Lipinski definition) is 1. The van der Waals surface area contributed by atoms with E-state index in [-0.39, 0.29) is 0 Å². The third-order valence-corrected chi connectivity index (χ3v) is 5.32. The monoisotopic (exact) mass is 366 g/mol. The molecule has 2 aromatic heterocycles. The summed E-state index contributed by atoms with van der Waals surface area (Å²) >= 11 is 0. The van der Waals surface area contributed by atoms with Crippen molar-refractivity contribution in [2.45, 2.75) is 45.3 Å². The van der Waals surface area contributed by atoms with Gasteiger partial charge in [0, 0.05) is 31.4 Å². The number of rotatable bonds is 6. The van der Waals surface area contributed by atoms with Gasteiger partial charge in [-0.2, -0.15) is 0 Å². The van der Waals surface area contributed by atoms with Gasteiger partial charge >= 0.3 is 0 Å². The van der Waals surface area contributed by atoms with Gasteiger partial charge in [0.25, 0.3) is 0 Å². The topological polar surface area (TPSA) is 72.0 Å². The van der Waals surface area contributed by atoms with Crippen molar-refractivity contribution in [2.24, 2.45) is 0 Å². The van der Waals surface area contributed by atoms with Crippen LogP contribution >= 0.6 is 0 Å². The Bertz CT molecular complexity index is 864. The summed E-state index contributed by atoms with van der Waals surface area (Å²) in [5.74, 6) is 2.90. The quantitative estimate of drug-likeness (QED) is 0.726. The average molecular weight is 366 g/mol. The molecule has 0 spiro atoms. The third kappa shape index (κ3) is 4.03. The maximum Gasteiger partial charge on any atom is 0.153 e. The minimum absolute atomic E-state index is 0.337. The maximum absolute atomic E-state index is 9.64. The summed E-state index contributed by atoms with van der Waals surface area (Å²) in [4.78, 5) is 6.55. The van der Waals surface area contributed by atoms with E-state index in [2.05, 4.69) is 37.6 Å². The van der Waals surface area contributed by atoms with Crippen molar-refractivity contribution in [1.29, 1.82) is 0 Å². The molecule has 142 valence electrons. The molecule has 3 heterocycles. The van der Waals surface area contributed by atoms with Crippen LogP contribution < -0.4 is 0 Å². The molecule has 1 saturated heterocycles. The standard InChI is InChI=1S/C20H26N6O/c1-2-26-19(14-25-11-8-21-15-25)22-23-20(26)17-6-9-24(10-7-17)13-16-4-3-5-18(27)12-16/h3-5,8,11-12,15,17,27H,2,6-7,9-10,13-14H2,1H3. The fourth-order valence-corrected chi connectivity index (χ4v) is 3.92. The number of aromatic nitrogens is 5. The van der Waals surface area contributed by atoms with Crippen molar-refractivity contribution in [3.05, 3.63) is 60.2 Å². The summed E-state index contributed by atoms with van der Waals surface area (Å²) in [6.45, 7) is 6.70. The van der Waals surface area contributed by atoms with E-state index in [1.807, 2.05) is 29.2 Å². The van der Waals surface area contributed by atoms with Crippen molar-refractivity contribution >= 4 is 0 Å². The Morgan fingerprint density at radius 2 is 2.00 bits per heavy atom. The highest BCUT2D eigenvalue weighted by Gasteiger charge is 2.25. The van der Waals surface area contributed by atoms with Gasteiger partial charge in [-0.25, -0.2) is 4.98 Å². The molecule has 3 aromatic rings. The summed E-state index contributed by atoms with van der Waals surface area (Å²) in [7, 11) is 0. The molecule has 0 saturated carbocycles. The van der Waals surface area contributed by atoms with E-state index in [0.29, 0.717) is 18.2 Å². The Morgan fingerprint density at radius 3 is 2.70 bits per heavy atom. The lowest BCUT2D eigenvalue weighted by atomic mass is 9.95. The number of nitrogens with zero attached hydrogens (tertiary/aromatic N) is 6. The second kappa shape index (κ2) is 7.92. The van der Waals surface area contributed by atoms with Crippen molar-refractivity contribution in [3.63, 3.8) is 0 Å². The first-order valence-corrected chi connectivity index (χ1v) is 9.61. The zero-order valence-electron chi connectivity index (χ0n) is 15.7. The normalized spacial score (nSPS) is 16.0. The van der Waals surface area contributed by atoms with Gasteiger partial charge in [0.15, 0.2) is 5.82 Å². The predicted octanol–water partition coefficient (Wildman–Crippen LogP) is 2.63. The van der Waals surface area contributed by atoms with Crippen LogP contribution in [0.15, 0.2) is 43.0 Å². The van der Waals surface area contributed by atoms with Crippen LogP contribution in [0.4, 0.5) is 0 Å². The number of aromatic hydroxyl groups is 1. The molecule has 7 nitrogen and oxygen atoms in total. The van der Waals surface area contributed by atoms with E-state index in [9.17, 15) is 5.11 Å². The van der Waals surface area contributed by atoms with Crippen LogP contribution in [0.5, 0.6) is 5.75 Å². The van der Waals surface area contributed by atoms with Gasteiger partial charge in [-0.3, -0.25) is 4.90 Å².